The van der Waals surface area contributed by atoms with E-state index in [1.165, 1.54) is 18.7 Å². The van der Waals surface area contributed by atoms with E-state index in [1.54, 1.807) is 6.08 Å². The molecule has 1 saturated heterocycles. The number of carbonyl (C=O) groups is 4. The molecule has 0 radical (unpaired) electrons. The van der Waals surface area contributed by atoms with Crippen molar-refractivity contribution in [3.05, 3.63) is 11.6 Å². The smallest absolute Gasteiger partial charge is 0.315 e. The highest BCUT2D eigenvalue weighted by atomic mass is 32.2. The summed E-state index contributed by atoms with van der Waals surface area (Å²) in [5, 5.41) is 19.9. The number of aliphatic hydroxyl groups excluding tert-OH is 1. The molecule has 32 heavy (non-hydrogen) atoms. The van der Waals surface area contributed by atoms with Gasteiger partial charge >= 0.3 is 11.9 Å². The average Bonchev–Trinajstić information content (AvgIpc) is 3.06. The van der Waals surface area contributed by atoms with Crippen LogP contribution in [-0.4, -0.2) is 51.0 Å². The SMILES string of the molecule is CC(=O)SC1CC(=O)C=C2C[C@@H](CCC(=O)O)[C@@H]3C4CC[C@]5(C(=O)OC[C@@]214)[C@@H](O)CC[C@@H]35. The predicted molar refractivity (Wildman–Crippen MR) is 116 cm³/mol. The number of esters is 1. The van der Waals surface area contributed by atoms with E-state index in [0.717, 1.165) is 18.4 Å². The number of rotatable bonds is 4. The number of cyclic esters (lactones) is 1. The van der Waals surface area contributed by atoms with Gasteiger partial charge in [0.05, 0.1) is 11.5 Å². The molecule has 174 valence electrons. The van der Waals surface area contributed by atoms with Crippen molar-refractivity contribution in [1.29, 1.82) is 0 Å². The zero-order valence-corrected chi connectivity index (χ0v) is 19.1. The van der Waals surface area contributed by atoms with Crippen molar-refractivity contribution < 1.29 is 34.1 Å². The van der Waals surface area contributed by atoms with Gasteiger partial charge in [-0.2, -0.15) is 0 Å². The van der Waals surface area contributed by atoms with Gasteiger partial charge in [-0.1, -0.05) is 17.3 Å². The second-order valence-corrected chi connectivity index (χ2v) is 11.8. The molecule has 0 amide bonds. The minimum absolute atomic E-state index is 0.0189. The van der Waals surface area contributed by atoms with Crippen LogP contribution in [0, 0.1) is 34.5 Å². The predicted octanol–water partition coefficient (Wildman–Crippen LogP) is 2.75. The first-order valence-electron chi connectivity index (χ1n) is 11.7. The van der Waals surface area contributed by atoms with Gasteiger partial charge in [0.15, 0.2) is 10.9 Å². The molecular weight excluding hydrogens is 432 g/mol. The fourth-order valence-electron chi connectivity index (χ4n) is 8.17. The van der Waals surface area contributed by atoms with Gasteiger partial charge in [-0.3, -0.25) is 19.2 Å². The monoisotopic (exact) mass is 462 g/mol. The van der Waals surface area contributed by atoms with Gasteiger partial charge in [0.1, 0.15) is 6.61 Å². The van der Waals surface area contributed by atoms with Crippen LogP contribution in [0.5, 0.6) is 0 Å². The molecule has 5 aliphatic rings. The molecule has 4 fully saturated rings. The summed E-state index contributed by atoms with van der Waals surface area (Å²) in [6.07, 6.45) is 4.86. The largest absolute Gasteiger partial charge is 0.481 e. The first-order chi connectivity index (χ1) is 15.2. The van der Waals surface area contributed by atoms with Gasteiger partial charge in [0.2, 0.25) is 0 Å². The van der Waals surface area contributed by atoms with Crippen LogP contribution in [0.15, 0.2) is 11.6 Å². The van der Waals surface area contributed by atoms with Gasteiger partial charge in [0, 0.05) is 30.4 Å². The minimum atomic E-state index is -0.904. The van der Waals surface area contributed by atoms with Crippen LogP contribution >= 0.6 is 11.8 Å². The van der Waals surface area contributed by atoms with Crippen molar-refractivity contribution in [2.45, 2.75) is 69.6 Å². The van der Waals surface area contributed by atoms with Crippen LogP contribution in [-0.2, 0) is 23.9 Å². The number of thioether (sulfide) groups is 1. The molecule has 7 nitrogen and oxygen atoms in total. The molecule has 1 heterocycles. The van der Waals surface area contributed by atoms with Crippen molar-refractivity contribution >= 4 is 34.6 Å². The molecule has 0 aromatic carbocycles. The Kier molecular flexibility index (Phi) is 5.32. The first kappa shape index (κ1) is 22.1. The minimum Gasteiger partial charge on any atom is -0.481 e. The third kappa shape index (κ3) is 2.98. The Morgan fingerprint density at radius 3 is 2.62 bits per heavy atom. The summed E-state index contributed by atoms with van der Waals surface area (Å²) < 4.78 is 5.95. The Morgan fingerprint density at radius 1 is 1.16 bits per heavy atom. The third-order valence-corrected chi connectivity index (χ3v) is 10.5. The molecule has 2 spiro atoms. The molecule has 2 bridgehead atoms. The lowest BCUT2D eigenvalue weighted by molar-refractivity contribution is -0.201. The number of fused-ring (bicyclic) bond motifs is 2. The van der Waals surface area contributed by atoms with Gasteiger partial charge in [-0.05, 0) is 68.3 Å². The van der Waals surface area contributed by atoms with Gasteiger partial charge in [-0.15, -0.1) is 0 Å². The Hall–Kier alpha value is -1.67. The summed E-state index contributed by atoms with van der Waals surface area (Å²) in [6.45, 7) is 1.64. The zero-order valence-electron chi connectivity index (χ0n) is 18.2. The Balaban J connectivity index is 1.66. The lowest BCUT2D eigenvalue weighted by Gasteiger charge is -2.64. The Bertz CT molecular complexity index is 912. The fourth-order valence-corrected chi connectivity index (χ4v) is 9.42. The molecule has 0 aromatic rings. The van der Waals surface area contributed by atoms with E-state index in [-0.39, 0.29) is 65.2 Å². The van der Waals surface area contributed by atoms with Crippen LogP contribution < -0.4 is 0 Å². The van der Waals surface area contributed by atoms with Crippen LogP contribution in [0.4, 0.5) is 0 Å². The highest BCUT2D eigenvalue weighted by Gasteiger charge is 2.70. The molecule has 5 rings (SSSR count). The van der Waals surface area contributed by atoms with E-state index in [4.69, 9.17) is 4.74 Å². The number of hydrogen-bond donors (Lipinski definition) is 2. The van der Waals surface area contributed by atoms with E-state index in [0.29, 0.717) is 25.7 Å². The van der Waals surface area contributed by atoms with Gasteiger partial charge < -0.3 is 14.9 Å². The third-order valence-electron chi connectivity index (χ3n) is 9.25. The summed E-state index contributed by atoms with van der Waals surface area (Å²) in [5.41, 5.74) is -0.547. The van der Waals surface area contributed by atoms with E-state index < -0.39 is 22.9 Å². The second-order valence-electron chi connectivity index (χ2n) is 10.4. The number of aliphatic carboxylic acids is 1. The first-order valence-corrected chi connectivity index (χ1v) is 12.6. The molecule has 2 N–H and O–H groups in total. The van der Waals surface area contributed by atoms with Gasteiger partial charge in [0.25, 0.3) is 0 Å². The average molecular weight is 463 g/mol. The number of carboxylic acid groups (broad SMARTS) is 1. The lowest BCUT2D eigenvalue weighted by Crippen LogP contribution is -2.65. The number of carboxylic acids is 1. The summed E-state index contributed by atoms with van der Waals surface area (Å²) >= 11 is 1.19. The van der Waals surface area contributed by atoms with Crippen LogP contribution in [0.25, 0.3) is 0 Å². The molecule has 0 aromatic heterocycles. The zero-order chi connectivity index (χ0) is 22.8. The Morgan fingerprint density at radius 2 is 1.91 bits per heavy atom. The fraction of sp³-hybridized carbons (Fsp3) is 0.750. The molecule has 3 saturated carbocycles. The van der Waals surface area contributed by atoms with E-state index in [9.17, 15) is 29.4 Å². The van der Waals surface area contributed by atoms with E-state index >= 15 is 0 Å². The summed E-state index contributed by atoms with van der Waals surface area (Å²) in [7, 11) is 0. The van der Waals surface area contributed by atoms with Crippen LogP contribution in [0.1, 0.15) is 58.3 Å². The lowest BCUT2D eigenvalue weighted by atomic mass is 9.43. The van der Waals surface area contributed by atoms with Crippen molar-refractivity contribution in [1.82, 2.24) is 0 Å². The number of carbonyl (C=O) groups excluding carboxylic acids is 3. The van der Waals surface area contributed by atoms with Crippen LogP contribution in [0.3, 0.4) is 0 Å². The van der Waals surface area contributed by atoms with Crippen molar-refractivity contribution in [3.63, 3.8) is 0 Å². The summed E-state index contributed by atoms with van der Waals surface area (Å²) in [4.78, 5) is 49.7. The number of ketones is 1. The maximum absolute atomic E-state index is 13.5. The summed E-state index contributed by atoms with van der Waals surface area (Å²) in [5.74, 6) is -1.06. The summed E-state index contributed by atoms with van der Waals surface area (Å²) in [6, 6.07) is 0. The second kappa shape index (κ2) is 7.69. The number of hydrogen-bond acceptors (Lipinski definition) is 7. The molecule has 1 aliphatic heterocycles. The maximum Gasteiger partial charge on any atom is 0.315 e. The molecular formula is C24H30O7S. The normalized spacial score (nSPS) is 44.6. The molecule has 8 atom stereocenters. The molecule has 4 aliphatic carbocycles. The molecule has 8 heteroatoms. The topological polar surface area (TPSA) is 118 Å². The van der Waals surface area contributed by atoms with Crippen LogP contribution in [0.2, 0.25) is 0 Å². The van der Waals surface area contributed by atoms with Gasteiger partial charge in [-0.25, -0.2) is 0 Å². The highest BCUT2D eigenvalue weighted by molar-refractivity contribution is 8.14. The van der Waals surface area contributed by atoms with Crippen molar-refractivity contribution in [2.24, 2.45) is 34.5 Å². The van der Waals surface area contributed by atoms with Crippen molar-refractivity contribution in [2.75, 3.05) is 6.61 Å². The Labute approximate surface area is 191 Å². The highest BCUT2D eigenvalue weighted by Crippen LogP contribution is 2.70. The number of ether oxygens (including phenoxy) is 1. The standard InChI is InChI=1S/C24H30O7S/c1-12(25)32-19-10-15(26)9-14-8-13(2-5-20(28)29)21-16-3-4-18(27)23(16)7-6-17(21)24(14,19)11-31-22(23)30/h9,13,16-19,21,27H,2-8,10-11H2,1H3,(H,28,29)/t13-,16+,17?,18+,19?,21+,23-,24+/m1/s1. The number of aliphatic hydroxyl groups is 1. The quantitative estimate of drug-likeness (QED) is 0.613. The maximum atomic E-state index is 13.5. The van der Waals surface area contributed by atoms with Crippen molar-refractivity contribution in [3.8, 4) is 0 Å². The molecule has 2 unspecified atom stereocenters. The van der Waals surface area contributed by atoms with E-state index in [1.807, 2.05) is 0 Å². The van der Waals surface area contributed by atoms with E-state index in [2.05, 4.69) is 0 Å².